The van der Waals surface area contributed by atoms with Crippen molar-refractivity contribution in [2.24, 2.45) is 0 Å². The van der Waals surface area contributed by atoms with Crippen molar-refractivity contribution in [2.45, 2.75) is 58.2 Å². The number of rotatable bonds is 4. The number of nitrogens with one attached hydrogen (secondary N) is 1. The molecule has 1 aromatic rings. The SMILES string of the molecule is CCC(c1ccccc1)N1CC(C)(CC)NCC1C. The summed E-state index contributed by atoms with van der Waals surface area (Å²) in [6.45, 7) is 11.5. The summed E-state index contributed by atoms with van der Waals surface area (Å²) in [5.74, 6) is 0. The van der Waals surface area contributed by atoms with Gasteiger partial charge in [0.1, 0.15) is 0 Å². The first-order chi connectivity index (χ1) is 9.09. The number of hydrogen-bond acceptors (Lipinski definition) is 2. The Morgan fingerprint density at radius 2 is 2.00 bits per heavy atom. The predicted octanol–water partition coefficient (Wildman–Crippen LogP) is 3.60. The van der Waals surface area contributed by atoms with Crippen molar-refractivity contribution in [3.63, 3.8) is 0 Å². The van der Waals surface area contributed by atoms with Crippen LogP contribution < -0.4 is 5.32 Å². The van der Waals surface area contributed by atoms with Crippen LogP contribution in [-0.4, -0.2) is 29.6 Å². The van der Waals surface area contributed by atoms with Crippen molar-refractivity contribution in [1.29, 1.82) is 0 Å². The standard InChI is InChI=1S/C17H28N2/c1-5-16(15-10-8-7-9-11-15)19-13-17(4,6-2)18-12-14(19)3/h7-11,14,16,18H,5-6,12-13H2,1-4H3. The highest BCUT2D eigenvalue weighted by Crippen LogP contribution is 2.30. The van der Waals surface area contributed by atoms with Crippen molar-refractivity contribution in [1.82, 2.24) is 10.2 Å². The monoisotopic (exact) mass is 260 g/mol. The Morgan fingerprint density at radius 3 is 2.58 bits per heavy atom. The van der Waals surface area contributed by atoms with Gasteiger partial charge in [-0.3, -0.25) is 4.90 Å². The normalized spacial score (nSPS) is 30.2. The van der Waals surface area contributed by atoms with Gasteiger partial charge in [0.25, 0.3) is 0 Å². The summed E-state index contributed by atoms with van der Waals surface area (Å²) in [7, 11) is 0. The first kappa shape index (κ1) is 14.5. The van der Waals surface area contributed by atoms with E-state index in [2.05, 4.69) is 68.2 Å². The minimum absolute atomic E-state index is 0.259. The van der Waals surface area contributed by atoms with Crippen LogP contribution in [-0.2, 0) is 0 Å². The number of hydrogen-bond donors (Lipinski definition) is 1. The quantitative estimate of drug-likeness (QED) is 0.890. The predicted molar refractivity (Wildman–Crippen MR) is 82.3 cm³/mol. The maximum atomic E-state index is 3.71. The smallest absolute Gasteiger partial charge is 0.0349 e. The molecule has 19 heavy (non-hydrogen) atoms. The van der Waals surface area contributed by atoms with Gasteiger partial charge >= 0.3 is 0 Å². The lowest BCUT2D eigenvalue weighted by atomic mass is 9.90. The van der Waals surface area contributed by atoms with Crippen LogP contribution in [0.25, 0.3) is 0 Å². The molecule has 2 rings (SSSR count). The second-order valence-electron chi connectivity index (χ2n) is 6.15. The molecule has 3 unspecified atom stereocenters. The third-order valence-electron chi connectivity index (χ3n) is 4.67. The summed E-state index contributed by atoms with van der Waals surface area (Å²) < 4.78 is 0. The minimum Gasteiger partial charge on any atom is -0.309 e. The van der Waals surface area contributed by atoms with Crippen molar-refractivity contribution in [3.05, 3.63) is 35.9 Å². The van der Waals surface area contributed by atoms with E-state index in [1.54, 1.807) is 0 Å². The molecule has 0 saturated carbocycles. The molecule has 3 atom stereocenters. The molecule has 0 amide bonds. The van der Waals surface area contributed by atoms with E-state index in [-0.39, 0.29) is 5.54 Å². The highest BCUT2D eigenvalue weighted by atomic mass is 15.3. The Morgan fingerprint density at radius 1 is 1.32 bits per heavy atom. The second-order valence-corrected chi connectivity index (χ2v) is 6.15. The van der Waals surface area contributed by atoms with Crippen LogP contribution in [0.4, 0.5) is 0 Å². The lowest BCUT2D eigenvalue weighted by Gasteiger charge is -2.48. The van der Waals surface area contributed by atoms with E-state index in [9.17, 15) is 0 Å². The average molecular weight is 260 g/mol. The van der Waals surface area contributed by atoms with E-state index in [4.69, 9.17) is 0 Å². The molecule has 0 radical (unpaired) electrons. The van der Waals surface area contributed by atoms with Crippen LogP contribution in [0.3, 0.4) is 0 Å². The fourth-order valence-electron chi connectivity index (χ4n) is 3.12. The van der Waals surface area contributed by atoms with E-state index in [0.29, 0.717) is 12.1 Å². The number of piperazine rings is 1. The first-order valence-corrected chi connectivity index (χ1v) is 7.65. The Balaban J connectivity index is 2.21. The molecule has 0 aliphatic carbocycles. The zero-order valence-corrected chi connectivity index (χ0v) is 12.8. The third-order valence-corrected chi connectivity index (χ3v) is 4.67. The summed E-state index contributed by atoms with van der Waals surface area (Å²) >= 11 is 0. The van der Waals surface area contributed by atoms with Gasteiger partial charge in [0.15, 0.2) is 0 Å². The Labute approximate surface area is 118 Å². The molecule has 1 aliphatic heterocycles. The van der Waals surface area contributed by atoms with Crippen LogP contribution >= 0.6 is 0 Å². The molecule has 0 aromatic heterocycles. The summed E-state index contributed by atoms with van der Waals surface area (Å²) in [4.78, 5) is 2.69. The number of benzene rings is 1. The molecule has 0 spiro atoms. The zero-order valence-electron chi connectivity index (χ0n) is 12.8. The maximum Gasteiger partial charge on any atom is 0.0349 e. The molecule has 1 aliphatic rings. The fraction of sp³-hybridized carbons (Fsp3) is 0.647. The Bertz CT molecular complexity index is 390. The van der Waals surface area contributed by atoms with Crippen molar-refractivity contribution < 1.29 is 0 Å². The molecule has 2 heteroatoms. The molecular weight excluding hydrogens is 232 g/mol. The maximum absolute atomic E-state index is 3.71. The van der Waals surface area contributed by atoms with Gasteiger partial charge in [0.2, 0.25) is 0 Å². The van der Waals surface area contributed by atoms with E-state index < -0.39 is 0 Å². The van der Waals surface area contributed by atoms with Crippen LogP contribution in [0, 0.1) is 0 Å². The van der Waals surface area contributed by atoms with E-state index in [0.717, 1.165) is 13.1 Å². The summed E-state index contributed by atoms with van der Waals surface area (Å²) in [5.41, 5.74) is 1.71. The highest BCUT2D eigenvalue weighted by molar-refractivity contribution is 5.19. The van der Waals surface area contributed by atoms with Crippen molar-refractivity contribution in [3.8, 4) is 0 Å². The van der Waals surface area contributed by atoms with Gasteiger partial charge in [0.05, 0.1) is 0 Å². The van der Waals surface area contributed by atoms with Crippen LogP contribution in [0.5, 0.6) is 0 Å². The van der Waals surface area contributed by atoms with E-state index in [1.807, 2.05) is 0 Å². The average Bonchev–Trinajstić information content (AvgIpc) is 2.45. The first-order valence-electron chi connectivity index (χ1n) is 7.65. The molecule has 1 aromatic carbocycles. The van der Waals surface area contributed by atoms with Gasteiger partial charge < -0.3 is 5.32 Å². The van der Waals surface area contributed by atoms with Gasteiger partial charge in [-0.15, -0.1) is 0 Å². The second kappa shape index (κ2) is 6.06. The van der Waals surface area contributed by atoms with Gasteiger partial charge in [-0.05, 0) is 32.3 Å². The number of nitrogens with zero attached hydrogens (tertiary/aromatic N) is 1. The van der Waals surface area contributed by atoms with Crippen molar-refractivity contribution >= 4 is 0 Å². The minimum atomic E-state index is 0.259. The zero-order chi connectivity index (χ0) is 13.9. The Kier molecular flexibility index (Phi) is 4.64. The Hall–Kier alpha value is -0.860. The molecule has 1 saturated heterocycles. The van der Waals surface area contributed by atoms with Crippen LogP contribution in [0.1, 0.15) is 52.1 Å². The lowest BCUT2D eigenvalue weighted by molar-refractivity contribution is 0.0512. The molecule has 1 heterocycles. The third kappa shape index (κ3) is 3.18. The molecule has 1 fully saturated rings. The largest absolute Gasteiger partial charge is 0.309 e. The summed E-state index contributed by atoms with van der Waals surface area (Å²) in [5, 5.41) is 3.71. The molecule has 1 N–H and O–H groups in total. The van der Waals surface area contributed by atoms with Crippen LogP contribution in [0.15, 0.2) is 30.3 Å². The lowest BCUT2D eigenvalue weighted by Crippen LogP contribution is -2.62. The topological polar surface area (TPSA) is 15.3 Å². The molecule has 2 nitrogen and oxygen atoms in total. The van der Waals surface area contributed by atoms with E-state index >= 15 is 0 Å². The van der Waals surface area contributed by atoms with Crippen LogP contribution in [0.2, 0.25) is 0 Å². The summed E-state index contributed by atoms with van der Waals surface area (Å²) in [6, 6.07) is 12.1. The van der Waals surface area contributed by atoms with Gasteiger partial charge in [0, 0.05) is 30.7 Å². The van der Waals surface area contributed by atoms with Crippen molar-refractivity contribution in [2.75, 3.05) is 13.1 Å². The summed E-state index contributed by atoms with van der Waals surface area (Å²) in [6.07, 6.45) is 2.36. The molecule has 106 valence electrons. The van der Waals surface area contributed by atoms with E-state index in [1.165, 1.54) is 18.4 Å². The molecular formula is C17H28N2. The molecule has 0 bridgehead atoms. The fourth-order valence-corrected chi connectivity index (χ4v) is 3.12. The van der Waals surface area contributed by atoms with Gasteiger partial charge in [-0.1, -0.05) is 44.2 Å². The highest BCUT2D eigenvalue weighted by Gasteiger charge is 2.35. The van der Waals surface area contributed by atoms with Gasteiger partial charge in [-0.25, -0.2) is 0 Å². The van der Waals surface area contributed by atoms with Gasteiger partial charge in [-0.2, -0.15) is 0 Å².